The summed E-state index contributed by atoms with van der Waals surface area (Å²) < 4.78 is 17.9. The van der Waals surface area contributed by atoms with E-state index in [1.54, 1.807) is 0 Å². The van der Waals surface area contributed by atoms with Crippen LogP contribution < -0.4 is 4.74 Å². The summed E-state index contributed by atoms with van der Waals surface area (Å²) in [7, 11) is 0. The van der Waals surface area contributed by atoms with Gasteiger partial charge in [0.2, 0.25) is 0 Å². The zero-order valence-electron chi connectivity index (χ0n) is 20.8. The standard InChI is InChI=1S/C30H31NO6/c1-20-12-13-23-17-31(29(32)28(22-10-6-3-7-11-22)37-24-14-15-35-19-24)26(30(33)34)16-25(23)27(20)36-18-21-8-4-2-5-9-21/h2-13,24,26,28H,14-19H2,1H3,(H,33,34)/t24-,26+,28+/m0/s1. The number of carboxylic acids is 1. The van der Waals surface area contributed by atoms with Gasteiger partial charge in [0.05, 0.1) is 12.7 Å². The summed E-state index contributed by atoms with van der Waals surface area (Å²) in [6, 6.07) is 22.0. The first-order valence-corrected chi connectivity index (χ1v) is 12.6. The van der Waals surface area contributed by atoms with Crippen LogP contribution in [0.3, 0.4) is 0 Å². The summed E-state index contributed by atoms with van der Waals surface area (Å²) in [6.45, 7) is 3.51. The first kappa shape index (κ1) is 25.0. The SMILES string of the molecule is Cc1ccc2c(c1OCc1ccccc1)C[C@H](C(=O)O)N(C(=O)[C@H](O[C@H]1CCOC1)c1ccccc1)C2. The van der Waals surface area contributed by atoms with Crippen LogP contribution in [0, 0.1) is 6.92 Å². The Morgan fingerprint density at radius 3 is 2.46 bits per heavy atom. The molecule has 1 amide bonds. The van der Waals surface area contributed by atoms with Gasteiger partial charge in [0.1, 0.15) is 18.4 Å². The van der Waals surface area contributed by atoms with E-state index in [1.165, 1.54) is 4.90 Å². The van der Waals surface area contributed by atoms with Gasteiger partial charge in [-0.05, 0) is 35.6 Å². The third-order valence-electron chi connectivity index (χ3n) is 7.01. The number of amides is 1. The molecule has 37 heavy (non-hydrogen) atoms. The predicted molar refractivity (Wildman–Crippen MR) is 137 cm³/mol. The van der Waals surface area contributed by atoms with Gasteiger partial charge in [-0.3, -0.25) is 4.79 Å². The number of carbonyl (C=O) groups excluding carboxylic acids is 1. The Hall–Kier alpha value is -3.68. The average Bonchev–Trinajstić information content (AvgIpc) is 3.44. The van der Waals surface area contributed by atoms with Crippen molar-refractivity contribution in [1.82, 2.24) is 4.90 Å². The molecule has 0 unspecified atom stereocenters. The predicted octanol–water partition coefficient (Wildman–Crippen LogP) is 4.46. The molecular weight excluding hydrogens is 470 g/mol. The summed E-state index contributed by atoms with van der Waals surface area (Å²) in [4.78, 5) is 27.8. The minimum atomic E-state index is -1.05. The minimum Gasteiger partial charge on any atom is -0.488 e. The number of aliphatic carboxylic acids is 1. The van der Waals surface area contributed by atoms with E-state index in [0.29, 0.717) is 37.6 Å². The monoisotopic (exact) mass is 501 g/mol. The van der Waals surface area contributed by atoms with Crippen LogP contribution in [-0.2, 0) is 38.6 Å². The summed E-state index contributed by atoms with van der Waals surface area (Å²) in [5, 5.41) is 10.2. The van der Waals surface area contributed by atoms with Gasteiger partial charge in [0, 0.05) is 25.1 Å². The second kappa shape index (κ2) is 11.2. The molecular formula is C30H31NO6. The normalized spacial score (nSPS) is 19.8. The second-order valence-electron chi connectivity index (χ2n) is 9.56. The van der Waals surface area contributed by atoms with Crippen molar-refractivity contribution in [2.75, 3.05) is 13.2 Å². The Morgan fingerprint density at radius 2 is 1.78 bits per heavy atom. The fraction of sp³-hybridized carbons (Fsp3) is 0.333. The number of ether oxygens (including phenoxy) is 3. The van der Waals surface area contributed by atoms with Crippen molar-refractivity contribution >= 4 is 11.9 Å². The van der Waals surface area contributed by atoms with Crippen molar-refractivity contribution in [1.29, 1.82) is 0 Å². The van der Waals surface area contributed by atoms with Gasteiger partial charge in [-0.25, -0.2) is 4.79 Å². The molecule has 0 aromatic heterocycles. The Bertz CT molecular complexity index is 1240. The molecule has 0 aliphatic carbocycles. The van der Waals surface area contributed by atoms with E-state index in [9.17, 15) is 14.7 Å². The lowest BCUT2D eigenvalue weighted by atomic mass is 9.90. The fourth-order valence-corrected chi connectivity index (χ4v) is 5.01. The summed E-state index contributed by atoms with van der Waals surface area (Å²) in [6.07, 6.45) is -0.259. The zero-order valence-corrected chi connectivity index (χ0v) is 20.8. The highest BCUT2D eigenvalue weighted by molar-refractivity contribution is 5.88. The third kappa shape index (κ3) is 5.53. The molecule has 7 heteroatoms. The Morgan fingerprint density at radius 1 is 1.05 bits per heavy atom. The average molecular weight is 502 g/mol. The molecule has 0 radical (unpaired) electrons. The number of rotatable bonds is 8. The quantitative estimate of drug-likeness (QED) is 0.491. The van der Waals surface area contributed by atoms with Crippen molar-refractivity contribution in [3.63, 3.8) is 0 Å². The largest absolute Gasteiger partial charge is 0.488 e. The van der Waals surface area contributed by atoms with Crippen LogP contribution in [0.4, 0.5) is 0 Å². The van der Waals surface area contributed by atoms with Crippen LogP contribution >= 0.6 is 0 Å². The molecule has 0 bridgehead atoms. The van der Waals surface area contributed by atoms with E-state index in [4.69, 9.17) is 14.2 Å². The lowest BCUT2D eigenvalue weighted by Gasteiger charge is -2.37. The number of carboxylic acid groups (broad SMARTS) is 1. The lowest BCUT2D eigenvalue weighted by molar-refractivity contribution is -0.160. The Labute approximate surface area is 216 Å². The molecule has 0 saturated carbocycles. The van der Waals surface area contributed by atoms with E-state index >= 15 is 0 Å². The highest BCUT2D eigenvalue weighted by Gasteiger charge is 2.40. The number of hydrogen-bond acceptors (Lipinski definition) is 5. The zero-order chi connectivity index (χ0) is 25.8. The van der Waals surface area contributed by atoms with Crippen molar-refractivity contribution in [2.45, 2.75) is 51.2 Å². The van der Waals surface area contributed by atoms with Crippen LogP contribution in [0.25, 0.3) is 0 Å². The number of nitrogens with zero attached hydrogens (tertiary/aromatic N) is 1. The van der Waals surface area contributed by atoms with Gasteiger partial charge < -0.3 is 24.2 Å². The summed E-state index contributed by atoms with van der Waals surface area (Å²) in [5.41, 5.74) is 4.39. The van der Waals surface area contributed by atoms with Gasteiger partial charge in [-0.2, -0.15) is 0 Å². The third-order valence-corrected chi connectivity index (χ3v) is 7.01. The highest BCUT2D eigenvalue weighted by atomic mass is 16.6. The molecule has 1 saturated heterocycles. The number of benzene rings is 3. The van der Waals surface area contributed by atoms with Crippen molar-refractivity contribution in [3.8, 4) is 5.75 Å². The van der Waals surface area contributed by atoms with Crippen LogP contribution in [0.2, 0.25) is 0 Å². The van der Waals surface area contributed by atoms with Gasteiger partial charge in [0.25, 0.3) is 5.91 Å². The molecule has 3 aromatic rings. The van der Waals surface area contributed by atoms with E-state index < -0.39 is 18.1 Å². The Kier molecular flexibility index (Phi) is 7.53. The van der Waals surface area contributed by atoms with Crippen molar-refractivity contribution < 1.29 is 28.9 Å². The number of hydrogen-bond donors (Lipinski definition) is 1. The second-order valence-corrected chi connectivity index (χ2v) is 9.56. The van der Waals surface area contributed by atoms with Crippen LogP contribution in [0.15, 0.2) is 72.8 Å². The molecule has 1 fully saturated rings. The number of carbonyl (C=O) groups is 2. The van der Waals surface area contributed by atoms with Crippen molar-refractivity contribution in [3.05, 3.63) is 101 Å². The maximum absolute atomic E-state index is 13.9. The number of aryl methyl sites for hydroxylation is 1. The van der Waals surface area contributed by atoms with E-state index in [0.717, 1.165) is 22.3 Å². The molecule has 2 aliphatic rings. The van der Waals surface area contributed by atoms with E-state index in [1.807, 2.05) is 79.7 Å². The minimum absolute atomic E-state index is 0.163. The first-order valence-electron chi connectivity index (χ1n) is 12.6. The fourth-order valence-electron chi connectivity index (χ4n) is 5.01. The van der Waals surface area contributed by atoms with Gasteiger partial charge >= 0.3 is 5.97 Å². The summed E-state index contributed by atoms with van der Waals surface area (Å²) >= 11 is 0. The molecule has 1 N–H and O–H groups in total. The van der Waals surface area contributed by atoms with E-state index in [-0.39, 0.29) is 25.0 Å². The van der Waals surface area contributed by atoms with Crippen molar-refractivity contribution in [2.24, 2.45) is 0 Å². The lowest BCUT2D eigenvalue weighted by Crippen LogP contribution is -2.51. The molecule has 2 heterocycles. The molecule has 0 spiro atoms. The number of fused-ring (bicyclic) bond motifs is 1. The molecule has 192 valence electrons. The van der Waals surface area contributed by atoms with E-state index in [2.05, 4.69) is 0 Å². The maximum atomic E-state index is 13.9. The van der Waals surface area contributed by atoms with Gasteiger partial charge in [-0.15, -0.1) is 0 Å². The van der Waals surface area contributed by atoms with Gasteiger partial charge in [-0.1, -0.05) is 72.8 Å². The summed E-state index contributed by atoms with van der Waals surface area (Å²) in [5.74, 6) is -0.715. The molecule has 3 aromatic carbocycles. The van der Waals surface area contributed by atoms with Gasteiger partial charge in [0.15, 0.2) is 6.10 Å². The topological polar surface area (TPSA) is 85.3 Å². The molecule has 2 aliphatic heterocycles. The maximum Gasteiger partial charge on any atom is 0.326 e. The molecule has 7 nitrogen and oxygen atoms in total. The molecule has 3 atom stereocenters. The van der Waals surface area contributed by atoms with Crippen LogP contribution in [-0.4, -0.2) is 47.2 Å². The molecule has 5 rings (SSSR count). The Balaban J connectivity index is 1.44. The first-order chi connectivity index (χ1) is 18.0. The smallest absolute Gasteiger partial charge is 0.326 e. The van der Waals surface area contributed by atoms with Crippen LogP contribution in [0.1, 0.15) is 40.3 Å². The van der Waals surface area contributed by atoms with Crippen LogP contribution in [0.5, 0.6) is 5.75 Å². The highest BCUT2D eigenvalue weighted by Crippen LogP contribution is 2.36.